The second-order valence-corrected chi connectivity index (χ2v) is 7.27. The van der Waals surface area contributed by atoms with Gasteiger partial charge in [-0.25, -0.2) is 4.98 Å². The number of benzene rings is 1. The van der Waals surface area contributed by atoms with Gasteiger partial charge in [-0.15, -0.1) is 0 Å². The summed E-state index contributed by atoms with van der Waals surface area (Å²) in [6, 6.07) is 6.37. The first-order chi connectivity index (χ1) is 13.7. The zero-order valence-corrected chi connectivity index (χ0v) is 16.3. The number of hydrogen-bond acceptors (Lipinski definition) is 6. The van der Waals surface area contributed by atoms with Crippen LogP contribution in [0.3, 0.4) is 0 Å². The minimum Gasteiger partial charge on any atom is -0.391 e. The summed E-state index contributed by atoms with van der Waals surface area (Å²) in [5.41, 5.74) is 6.41. The zero-order valence-electron chi connectivity index (χ0n) is 16.3. The molecule has 4 rings (SSSR count). The summed E-state index contributed by atoms with van der Waals surface area (Å²) in [5.74, 6) is 0. The van der Waals surface area contributed by atoms with E-state index in [9.17, 15) is 5.11 Å². The number of aliphatic hydroxyl groups is 1. The Morgan fingerprint density at radius 1 is 1.39 bits per heavy atom. The van der Waals surface area contributed by atoms with E-state index >= 15 is 0 Å². The quantitative estimate of drug-likeness (QED) is 0.860. The summed E-state index contributed by atoms with van der Waals surface area (Å²) < 4.78 is 7.45. The van der Waals surface area contributed by atoms with Crippen molar-refractivity contribution in [2.45, 2.75) is 32.6 Å². The number of aliphatic hydroxyl groups excluding tert-OH is 1. The van der Waals surface area contributed by atoms with Crippen LogP contribution in [0.4, 0.5) is 0 Å². The fraction of sp³-hybridized carbons (Fsp3) is 0.429. The van der Waals surface area contributed by atoms with Crippen molar-refractivity contribution in [2.24, 2.45) is 5.16 Å². The van der Waals surface area contributed by atoms with Crippen molar-refractivity contribution < 1.29 is 14.7 Å². The average Bonchev–Trinajstić information content (AvgIpc) is 3.07. The van der Waals surface area contributed by atoms with Gasteiger partial charge in [0.1, 0.15) is 0 Å². The van der Waals surface area contributed by atoms with Crippen LogP contribution in [0.5, 0.6) is 0 Å². The first-order valence-corrected chi connectivity index (χ1v) is 9.59. The lowest BCUT2D eigenvalue weighted by Crippen LogP contribution is -2.45. The van der Waals surface area contributed by atoms with Crippen LogP contribution >= 0.6 is 0 Å². The van der Waals surface area contributed by atoms with Gasteiger partial charge in [-0.1, -0.05) is 11.2 Å². The molecule has 0 spiro atoms. The van der Waals surface area contributed by atoms with Crippen molar-refractivity contribution in [1.29, 1.82) is 0 Å². The normalized spacial score (nSPS) is 23.2. The molecular weight excluding hydrogens is 356 g/mol. The summed E-state index contributed by atoms with van der Waals surface area (Å²) in [5, 5.41) is 13.7. The van der Waals surface area contributed by atoms with E-state index in [0.717, 1.165) is 47.6 Å². The second-order valence-electron chi connectivity index (χ2n) is 7.27. The number of methoxy groups -OCH3 is 1. The number of ether oxygens (including phenoxy) is 1. The van der Waals surface area contributed by atoms with Crippen LogP contribution < -0.4 is 0 Å². The molecule has 0 radical (unpaired) electrons. The van der Waals surface area contributed by atoms with E-state index in [2.05, 4.69) is 39.3 Å². The summed E-state index contributed by atoms with van der Waals surface area (Å²) in [7, 11) is 1.71. The Morgan fingerprint density at radius 2 is 2.29 bits per heavy atom. The molecule has 0 aliphatic carbocycles. The number of rotatable bonds is 5. The van der Waals surface area contributed by atoms with Gasteiger partial charge in [-0.3, -0.25) is 4.90 Å². The van der Waals surface area contributed by atoms with Crippen molar-refractivity contribution in [2.75, 3.05) is 26.8 Å². The highest BCUT2D eigenvalue weighted by molar-refractivity contribution is 6.05. The largest absolute Gasteiger partial charge is 0.391 e. The molecule has 148 valence electrons. The molecule has 1 unspecified atom stereocenters. The molecule has 2 atom stereocenters. The van der Waals surface area contributed by atoms with E-state index < -0.39 is 0 Å². The summed E-state index contributed by atoms with van der Waals surface area (Å²) >= 11 is 0. The Labute approximate surface area is 164 Å². The smallest absolute Gasteiger partial charge is 0.204 e. The molecule has 28 heavy (non-hydrogen) atoms. The Kier molecular flexibility index (Phi) is 5.57. The van der Waals surface area contributed by atoms with E-state index in [1.807, 2.05) is 24.0 Å². The molecule has 7 nitrogen and oxygen atoms in total. The minimum absolute atomic E-state index is 0.0363. The van der Waals surface area contributed by atoms with Gasteiger partial charge in [0.05, 0.1) is 36.6 Å². The van der Waals surface area contributed by atoms with Crippen molar-refractivity contribution >= 4 is 11.8 Å². The third kappa shape index (κ3) is 3.87. The lowest BCUT2D eigenvalue weighted by Gasteiger charge is -2.30. The molecule has 2 bridgehead atoms. The highest BCUT2D eigenvalue weighted by Gasteiger charge is 2.29. The molecule has 2 aliphatic heterocycles. The zero-order chi connectivity index (χ0) is 19.5. The van der Waals surface area contributed by atoms with Crippen molar-refractivity contribution in [1.82, 2.24) is 14.5 Å². The van der Waals surface area contributed by atoms with Gasteiger partial charge < -0.3 is 19.2 Å². The van der Waals surface area contributed by atoms with E-state index in [0.29, 0.717) is 13.2 Å². The number of fused-ring (bicyclic) bond motifs is 2. The summed E-state index contributed by atoms with van der Waals surface area (Å²) in [6.45, 7) is 4.09. The first kappa shape index (κ1) is 18.9. The third-order valence-electron chi connectivity index (χ3n) is 5.20. The predicted octanol–water partition coefficient (Wildman–Crippen LogP) is 2.51. The molecule has 2 aromatic rings. The molecule has 1 aromatic carbocycles. The van der Waals surface area contributed by atoms with E-state index in [1.54, 1.807) is 7.11 Å². The van der Waals surface area contributed by atoms with Crippen LogP contribution in [-0.2, 0) is 16.2 Å². The highest BCUT2D eigenvalue weighted by Crippen LogP contribution is 2.25. The Balaban J connectivity index is 1.65. The Bertz CT molecular complexity index is 903. The predicted molar refractivity (Wildman–Crippen MR) is 107 cm³/mol. The summed E-state index contributed by atoms with van der Waals surface area (Å²) in [6.07, 6.45) is 7.66. The fourth-order valence-corrected chi connectivity index (χ4v) is 3.79. The maximum absolute atomic E-state index is 9.43. The standard InChI is InChI=1S/C21H26N4O3/c1-15-10-25(14-22-15)20-6-5-16(9-18(20)13-27-2)8-17-4-3-7-24-11-19(17)23-28-21(24)12-26/h5-6,8-10,14,21,26H,3-4,7,11-13H2,1-2H3/b17-8+/t21-/m0/s1. The van der Waals surface area contributed by atoms with E-state index in [1.165, 1.54) is 5.57 Å². The molecule has 3 heterocycles. The maximum atomic E-state index is 9.43. The molecule has 1 saturated heterocycles. The van der Waals surface area contributed by atoms with Crippen LogP contribution in [0.1, 0.15) is 29.7 Å². The van der Waals surface area contributed by atoms with Gasteiger partial charge in [0, 0.05) is 32.0 Å². The van der Waals surface area contributed by atoms with Gasteiger partial charge in [-0.2, -0.15) is 0 Å². The molecule has 1 N–H and O–H groups in total. The highest BCUT2D eigenvalue weighted by atomic mass is 16.7. The molecule has 1 aromatic heterocycles. The van der Waals surface area contributed by atoms with Crippen LogP contribution in [0.25, 0.3) is 11.8 Å². The number of aromatic nitrogens is 2. The van der Waals surface area contributed by atoms with Crippen LogP contribution in [0, 0.1) is 6.92 Å². The van der Waals surface area contributed by atoms with Crippen molar-refractivity contribution in [3.8, 4) is 5.69 Å². The van der Waals surface area contributed by atoms with Gasteiger partial charge >= 0.3 is 0 Å². The average molecular weight is 382 g/mol. The lowest BCUT2D eigenvalue weighted by molar-refractivity contribution is -0.0898. The lowest BCUT2D eigenvalue weighted by atomic mass is 10.0. The molecule has 7 heteroatoms. The SMILES string of the molecule is COCc1cc(/C=C2\CCCN3CC2=NO[C@H]3CO)ccc1-n1cnc(C)c1. The van der Waals surface area contributed by atoms with Crippen molar-refractivity contribution in [3.63, 3.8) is 0 Å². The molecule has 0 saturated carbocycles. The van der Waals surface area contributed by atoms with Crippen molar-refractivity contribution in [3.05, 3.63) is 53.1 Å². The molecular formula is C21H26N4O3. The number of nitrogens with zero attached hydrogens (tertiary/aromatic N) is 4. The monoisotopic (exact) mass is 382 g/mol. The second kappa shape index (κ2) is 8.26. The van der Waals surface area contributed by atoms with Gasteiger partial charge in [-0.05, 0) is 49.1 Å². The first-order valence-electron chi connectivity index (χ1n) is 9.59. The molecule has 1 fully saturated rings. The van der Waals surface area contributed by atoms with Gasteiger partial charge in [0.15, 0.2) is 0 Å². The van der Waals surface area contributed by atoms with Gasteiger partial charge in [0.2, 0.25) is 6.23 Å². The van der Waals surface area contributed by atoms with Crippen LogP contribution in [0.2, 0.25) is 0 Å². The fourth-order valence-electron chi connectivity index (χ4n) is 3.79. The van der Waals surface area contributed by atoms with Crippen LogP contribution in [-0.4, -0.2) is 58.3 Å². The topological polar surface area (TPSA) is 72.1 Å². The van der Waals surface area contributed by atoms with Crippen LogP contribution in [0.15, 0.2) is 41.5 Å². The number of aryl methyl sites for hydroxylation is 1. The summed E-state index contributed by atoms with van der Waals surface area (Å²) in [4.78, 5) is 11.9. The minimum atomic E-state index is -0.325. The molecule has 0 amide bonds. The molecule has 2 aliphatic rings. The Hall–Kier alpha value is -2.48. The third-order valence-corrected chi connectivity index (χ3v) is 5.20. The maximum Gasteiger partial charge on any atom is 0.204 e. The van der Waals surface area contributed by atoms with Gasteiger partial charge in [0.25, 0.3) is 0 Å². The Morgan fingerprint density at radius 3 is 3.04 bits per heavy atom. The number of oxime groups is 1. The van der Waals surface area contributed by atoms with E-state index in [-0.39, 0.29) is 12.8 Å². The van der Waals surface area contributed by atoms with E-state index in [4.69, 9.17) is 9.57 Å². The number of imidazole rings is 1. The number of hydrogen-bond donors (Lipinski definition) is 1.